The van der Waals surface area contributed by atoms with Gasteiger partial charge in [-0.25, -0.2) is 24.1 Å². The molecule has 2 atom stereocenters. The van der Waals surface area contributed by atoms with E-state index in [1.807, 2.05) is 22.8 Å². The number of nitriles is 1. The number of hydrogen-bond acceptors (Lipinski definition) is 10. The van der Waals surface area contributed by atoms with Gasteiger partial charge in [-0.3, -0.25) is 13.9 Å². The minimum Gasteiger partial charge on any atom is -0.406 e. The van der Waals surface area contributed by atoms with E-state index in [-0.39, 0.29) is 84.4 Å². The zero-order chi connectivity index (χ0) is 42.6. The number of carbonyl (C=O) groups is 1. The molecule has 0 saturated carbocycles. The first-order chi connectivity index (χ1) is 29.4. The van der Waals surface area contributed by atoms with Gasteiger partial charge in [-0.1, -0.05) is 13.0 Å². The van der Waals surface area contributed by atoms with Gasteiger partial charge in [0.1, 0.15) is 28.4 Å². The Morgan fingerprint density at radius 3 is 2.54 bits per heavy atom. The van der Waals surface area contributed by atoms with Crippen LogP contribution in [-0.2, 0) is 19.5 Å². The van der Waals surface area contributed by atoms with Crippen molar-refractivity contribution in [3.63, 3.8) is 0 Å². The lowest BCUT2D eigenvalue weighted by atomic mass is 9.95. The Bertz CT molecular complexity index is 2950. The van der Waals surface area contributed by atoms with E-state index in [1.165, 1.54) is 41.1 Å². The van der Waals surface area contributed by atoms with Crippen molar-refractivity contribution in [3.05, 3.63) is 129 Å². The fourth-order valence-corrected chi connectivity index (χ4v) is 8.45. The summed E-state index contributed by atoms with van der Waals surface area (Å²) in [6, 6.07) is 18.3. The molecule has 14 nitrogen and oxygen atoms in total. The lowest BCUT2D eigenvalue weighted by Gasteiger charge is -2.30. The average molecular weight is 905 g/mol. The Morgan fingerprint density at radius 1 is 1.05 bits per heavy atom. The number of alkyl halides is 3. The number of halogens is 6. The molecule has 2 N–H and O–H groups in total. The Morgan fingerprint density at radius 2 is 1.84 bits per heavy atom. The maximum absolute atomic E-state index is 15.1. The third-order valence-corrected chi connectivity index (χ3v) is 11.3. The monoisotopic (exact) mass is 903 g/mol. The van der Waals surface area contributed by atoms with Crippen molar-refractivity contribution in [2.45, 2.75) is 52.2 Å². The highest BCUT2D eigenvalue weighted by atomic mass is 35.5. The molecule has 63 heavy (non-hydrogen) atoms. The molecule has 5 aromatic heterocycles. The predicted octanol–water partition coefficient (Wildman–Crippen LogP) is 7.55. The van der Waals surface area contributed by atoms with Crippen molar-refractivity contribution in [1.29, 1.82) is 5.26 Å². The van der Waals surface area contributed by atoms with Crippen LogP contribution in [0, 0.1) is 30.0 Å². The second-order valence-electron chi connectivity index (χ2n) is 15.2. The number of imidazole rings is 1. The quantitative estimate of drug-likeness (QED) is 0.146. The Balaban J connectivity index is 0.00000298. The van der Waals surface area contributed by atoms with Crippen LogP contribution >= 0.6 is 24.8 Å². The second-order valence-corrected chi connectivity index (χ2v) is 15.2. The summed E-state index contributed by atoms with van der Waals surface area (Å²) < 4.78 is 62.4. The fourth-order valence-electron chi connectivity index (χ4n) is 8.45. The van der Waals surface area contributed by atoms with Crippen LogP contribution in [0.3, 0.4) is 0 Å². The number of pyridine rings is 2. The van der Waals surface area contributed by atoms with Gasteiger partial charge >= 0.3 is 12.1 Å². The van der Waals surface area contributed by atoms with Gasteiger partial charge in [-0.05, 0) is 105 Å². The largest absolute Gasteiger partial charge is 0.573 e. The number of fused-ring (bicyclic) bond motifs is 4. The molecule has 326 valence electrons. The SMILES string of the molecule is Cc1nc(Nc2ccc(OC(F)(F)F)cc2)nc2c1n(-c1ccc(C(=O)N3CCc4c(n(Cc5ccc(C#N)cc5F)c5ncccc45)C3)nc1)c(=O)n2[C@H]1CCNC[C@H]1C.Cl.Cl. The number of benzene rings is 2. The van der Waals surface area contributed by atoms with E-state index in [0.29, 0.717) is 71.9 Å². The minimum absolute atomic E-state index is 0. The number of aryl methyl sites for hydroxylation is 1. The third-order valence-electron chi connectivity index (χ3n) is 11.3. The summed E-state index contributed by atoms with van der Waals surface area (Å²) in [5.74, 6) is -0.991. The molecular weight excluding hydrogens is 865 g/mol. The first kappa shape index (κ1) is 44.5. The number of piperidine rings is 1. The molecule has 1 saturated heterocycles. The highest BCUT2D eigenvalue weighted by molar-refractivity contribution is 5.93. The normalized spacial score (nSPS) is 16.2. The maximum atomic E-state index is 15.1. The van der Waals surface area contributed by atoms with Gasteiger partial charge in [0.25, 0.3) is 5.91 Å². The molecule has 7 heterocycles. The topological polar surface area (TPSA) is 161 Å². The van der Waals surface area contributed by atoms with Crippen molar-refractivity contribution in [2.24, 2.45) is 5.92 Å². The van der Waals surface area contributed by atoms with E-state index in [9.17, 15) is 28.0 Å². The van der Waals surface area contributed by atoms with E-state index < -0.39 is 12.2 Å². The Hall–Kier alpha value is -6.55. The number of ether oxygens (including phenoxy) is 1. The molecule has 2 aromatic carbocycles. The summed E-state index contributed by atoms with van der Waals surface area (Å²) in [5, 5.41) is 16.6. The summed E-state index contributed by atoms with van der Waals surface area (Å²) in [7, 11) is 0. The Labute approximate surface area is 369 Å². The van der Waals surface area contributed by atoms with E-state index in [1.54, 1.807) is 46.9 Å². The van der Waals surface area contributed by atoms with E-state index >= 15 is 4.39 Å². The molecule has 9 rings (SSSR count). The lowest BCUT2D eigenvalue weighted by molar-refractivity contribution is -0.274. The lowest BCUT2D eigenvalue weighted by Crippen LogP contribution is -2.40. The van der Waals surface area contributed by atoms with Crippen molar-refractivity contribution >= 4 is 64.6 Å². The summed E-state index contributed by atoms with van der Waals surface area (Å²) in [4.78, 5) is 48.9. The average Bonchev–Trinajstić information content (AvgIpc) is 3.72. The van der Waals surface area contributed by atoms with Crippen molar-refractivity contribution in [1.82, 2.24) is 43.9 Å². The van der Waals surface area contributed by atoms with Crippen LogP contribution in [0.25, 0.3) is 27.9 Å². The summed E-state index contributed by atoms with van der Waals surface area (Å²) in [6.07, 6.45) is -0.470. The van der Waals surface area contributed by atoms with Crippen LogP contribution in [0.4, 0.5) is 29.2 Å². The fraction of sp³-hybridized carbons (Fsp3) is 0.279. The zero-order valence-electron chi connectivity index (χ0n) is 33.7. The molecule has 1 fully saturated rings. The van der Waals surface area contributed by atoms with Gasteiger partial charge in [0.2, 0.25) is 5.95 Å². The first-order valence-corrected chi connectivity index (χ1v) is 19.6. The van der Waals surface area contributed by atoms with Gasteiger partial charge in [-0.2, -0.15) is 10.2 Å². The van der Waals surface area contributed by atoms with Crippen molar-refractivity contribution in [3.8, 4) is 17.5 Å². The molecule has 1 amide bonds. The summed E-state index contributed by atoms with van der Waals surface area (Å²) >= 11 is 0. The highest BCUT2D eigenvalue weighted by Crippen LogP contribution is 2.33. The van der Waals surface area contributed by atoms with Crippen LogP contribution in [-0.4, -0.2) is 70.4 Å². The molecule has 0 bridgehead atoms. The molecule has 2 aliphatic heterocycles. The molecule has 0 spiro atoms. The van der Waals surface area contributed by atoms with Gasteiger partial charge in [0.15, 0.2) is 5.65 Å². The van der Waals surface area contributed by atoms with Gasteiger partial charge in [0, 0.05) is 41.1 Å². The maximum Gasteiger partial charge on any atom is 0.573 e. The number of anilines is 2. The van der Waals surface area contributed by atoms with E-state index in [2.05, 4.69) is 37.2 Å². The smallest absolute Gasteiger partial charge is 0.406 e. The summed E-state index contributed by atoms with van der Waals surface area (Å²) in [6.45, 7) is 5.96. The van der Waals surface area contributed by atoms with E-state index in [0.717, 1.165) is 16.6 Å². The van der Waals surface area contributed by atoms with E-state index in [4.69, 9.17) is 4.98 Å². The number of amides is 1. The highest BCUT2D eigenvalue weighted by Gasteiger charge is 2.33. The van der Waals surface area contributed by atoms with Crippen molar-refractivity contribution in [2.75, 3.05) is 25.0 Å². The van der Waals surface area contributed by atoms with Crippen molar-refractivity contribution < 1.29 is 27.1 Å². The van der Waals surface area contributed by atoms with Crippen LogP contribution in [0.1, 0.15) is 58.0 Å². The van der Waals surface area contributed by atoms with Crippen LogP contribution < -0.4 is 21.1 Å². The number of aromatic nitrogens is 7. The minimum atomic E-state index is -4.83. The third kappa shape index (κ3) is 8.51. The van der Waals surface area contributed by atoms with Gasteiger partial charge in [-0.15, -0.1) is 38.0 Å². The van der Waals surface area contributed by atoms with Crippen LogP contribution in [0.5, 0.6) is 5.75 Å². The number of hydrogen-bond donors (Lipinski definition) is 2. The van der Waals surface area contributed by atoms with Crippen LogP contribution in [0.15, 0.2) is 83.9 Å². The van der Waals surface area contributed by atoms with Gasteiger partial charge < -0.3 is 24.8 Å². The second kappa shape index (κ2) is 17.7. The number of nitrogens with zero attached hydrogens (tertiary/aromatic N) is 9. The standard InChI is InChI=1S/C43H37F4N11O3.2ClH/c1-24-20-49-16-13-35(24)58-39-37(25(2)52-41(54-39)53-28-7-10-30(11-8-28)61-43(45,46)47)57(42(58)60)29-9-12-34(51-21-29)40(59)55-17-14-31-32-4-3-15-50-38(32)56(36(31)23-55)22-27-6-5-26(19-48)18-33(27)44;;/h3-12,15,18,21,24,35,49H,13-14,16-17,20,22-23H2,1-2H3,(H,52,53,54);2*1H/t24-,35+;;/m1../s1. The molecule has 20 heteroatoms. The molecule has 7 aromatic rings. The molecule has 2 aliphatic rings. The molecule has 0 unspecified atom stereocenters. The molecule has 0 aliphatic carbocycles. The summed E-state index contributed by atoms with van der Waals surface area (Å²) in [5.41, 5.74) is 5.03. The van der Waals surface area contributed by atoms with Gasteiger partial charge in [0.05, 0.1) is 42.3 Å². The molecule has 0 radical (unpaired) electrons. The number of nitrogens with one attached hydrogen (secondary N) is 2. The first-order valence-electron chi connectivity index (χ1n) is 19.6. The number of rotatable bonds is 8. The van der Waals surface area contributed by atoms with Crippen LogP contribution in [0.2, 0.25) is 0 Å². The predicted molar refractivity (Wildman–Crippen MR) is 231 cm³/mol. The molecular formula is C43H39Cl2F4N11O3. The Kier molecular flexibility index (Phi) is 12.5. The number of carbonyl (C=O) groups excluding carboxylic acids is 1. The zero-order valence-corrected chi connectivity index (χ0v) is 35.3.